The van der Waals surface area contributed by atoms with Crippen molar-refractivity contribution in [3.8, 4) is 16.9 Å². The number of nitrogens with zero attached hydrogens (tertiary/aromatic N) is 1. The molecule has 0 saturated carbocycles. The second kappa shape index (κ2) is 9.55. The van der Waals surface area contributed by atoms with Crippen LogP contribution in [0.4, 0.5) is 0 Å². The molecule has 2 aromatic heterocycles. The Kier molecular flexibility index (Phi) is 6.44. The lowest BCUT2D eigenvalue weighted by Crippen LogP contribution is -2.57. The summed E-state index contributed by atoms with van der Waals surface area (Å²) in [4.78, 5) is 20.6. The molecule has 1 aliphatic heterocycles. The molecule has 1 aliphatic rings. The SMILES string of the molecule is CC1(C)CC(CC(=O)c2ccc(COc3cccc(-c4cnc5[nH]ccc5c4)c3)cc2)CC(C)(C)N1. The van der Waals surface area contributed by atoms with Gasteiger partial charge in [-0.3, -0.25) is 4.79 Å². The van der Waals surface area contributed by atoms with Gasteiger partial charge in [0.1, 0.15) is 18.0 Å². The fraction of sp³-hybridized carbons (Fsp3) is 0.355. The van der Waals surface area contributed by atoms with E-state index in [1.165, 1.54) is 0 Å². The molecule has 2 aromatic carbocycles. The summed E-state index contributed by atoms with van der Waals surface area (Å²) in [5.41, 5.74) is 4.92. The van der Waals surface area contributed by atoms with Crippen molar-refractivity contribution in [3.63, 3.8) is 0 Å². The van der Waals surface area contributed by atoms with E-state index in [9.17, 15) is 4.79 Å². The van der Waals surface area contributed by atoms with E-state index in [1.807, 2.05) is 60.9 Å². The summed E-state index contributed by atoms with van der Waals surface area (Å²) in [5, 5.41) is 4.78. The summed E-state index contributed by atoms with van der Waals surface area (Å²) < 4.78 is 6.08. The lowest BCUT2D eigenvalue weighted by Gasteiger charge is -2.46. The van der Waals surface area contributed by atoms with Gasteiger partial charge in [0, 0.05) is 46.4 Å². The Bertz CT molecular complexity index is 1350. The van der Waals surface area contributed by atoms with E-state index in [1.54, 1.807) is 0 Å². The molecule has 1 saturated heterocycles. The molecule has 186 valence electrons. The van der Waals surface area contributed by atoms with E-state index in [2.05, 4.69) is 55.1 Å². The molecule has 0 amide bonds. The third-order valence-electron chi connectivity index (χ3n) is 7.00. The zero-order chi connectivity index (χ0) is 25.3. The summed E-state index contributed by atoms with van der Waals surface area (Å²) in [6.45, 7) is 9.37. The van der Waals surface area contributed by atoms with Gasteiger partial charge < -0.3 is 15.0 Å². The number of ketones is 1. The van der Waals surface area contributed by atoms with Gasteiger partial charge in [-0.2, -0.15) is 0 Å². The average molecular weight is 482 g/mol. The minimum absolute atomic E-state index is 0.0521. The first-order valence-electron chi connectivity index (χ1n) is 12.7. The Morgan fingerprint density at radius 3 is 2.47 bits per heavy atom. The number of aromatic amines is 1. The molecule has 1 fully saturated rings. The number of hydrogen-bond acceptors (Lipinski definition) is 4. The van der Waals surface area contributed by atoms with Crippen molar-refractivity contribution >= 4 is 16.8 Å². The maximum absolute atomic E-state index is 13.0. The number of pyridine rings is 1. The van der Waals surface area contributed by atoms with Gasteiger partial charge in [0.15, 0.2) is 5.78 Å². The highest BCUT2D eigenvalue weighted by atomic mass is 16.5. The Hall–Kier alpha value is -3.44. The number of fused-ring (bicyclic) bond motifs is 1. The Balaban J connectivity index is 1.20. The molecule has 5 rings (SSSR count). The Morgan fingerprint density at radius 1 is 0.972 bits per heavy atom. The summed E-state index contributed by atoms with van der Waals surface area (Å²) in [7, 11) is 0. The molecular weight excluding hydrogens is 446 g/mol. The number of Topliss-reactive ketones (excluding diaryl/α,β-unsaturated/α-hetero) is 1. The number of benzene rings is 2. The molecule has 5 heteroatoms. The highest BCUT2D eigenvalue weighted by Crippen LogP contribution is 2.35. The fourth-order valence-electron chi connectivity index (χ4n) is 5.87. The van der Waals surface area contributed by atoms with Crippen LogP contribution >= 0.6 is 0 Å². The molecule has 0 bridgehead atoms. The van der Waals surface area contributed by atoms with Gasteiger partial charge in [-0.1, -0.05) is 36.4 Å². The number of carbonyl (C=O) groups excluding carboxylic acids is 1. The van der Waals surface area contributed by atoms with Crippen LogP contribution in [-0.2, 0) is 6.61 Å². The molecule has 5 nitrogen and oxygen atoms in total. The van der Waals surface area contributed by atoms with Crippen LogP contribution in [0.25, 0.3) is 22.2 Å². The van der Waals surface area contributed by atoms with Crippen molar-refractivity contribution in [2.75, 3.05) is 0 Å². The lowest BCUT2D eigenvalue weighted by molar-refractivity contribution is 0.0864. The van der Waals surface area contributed by atoms with Gasteiger partial charge in [-0.05, 0) is 81.8 Å². The van der Waals surface area contributed by atoms with Crippen LogP contribution in [0.5, 0.6) is 5.75 Å². The fourth-order valence-corrected chi connectivity index (χ4v) is 5.87. The molecule has 0 aliphatic carbocycles. The van der Waals surface area contributed by atoms with E-state index < -0.39 is 0 Å². The quantitative estimate of drug-likeness (QED) is 0.281. The van der Waals surface area contributed by atoms with E-state index in [0.29, 0.717) is 18.9 Å². The normalized spacial score (nSPS) is 17.2. The minimum atomic E-state index is 0.0521. The number of piperidine rings is 1. The summed E-state index contributed by atoms with van der Waals surface area (Å²) in [6.07, 6.45) is 6.40. The van der Waals surface area contributed by atoms with Crippen LogP contribution in [0.3, 0.4) is 0 Å². The third kappa shape index (κ3) is 5.68. The van der Waals surface area contributed by atoms with Crippen molar-refractivity contribution in [3.05, 3.63) is 84.2 Å². The van der Waals surface area contributed by atoms with Crippen molar-refractivity contribution in [2.45, 2.75) is 64.6 Å². The third-order valence-corrected chi connectivity index (χ3v) is 7.00. The molecule has 0 unspecified atom stereocenters. The second-order valence-corrected chi connectivity index (χ2v) is 11.4. The van der Waals surface area contributed by atoms with Gasteiger partial charge in [-0.15, -0.1) is 0 Å². The number of hydrogen-bond donors (Lipinski definition) is 2. The molecular formula is C31H35N3O2. The zero-order valence-corrected chi connectivity index (χ0v) is 21.6. The topological polar surface area (TPSA) is 67.0 Å². The van der Waals surface area contributed by atoms with Gasteiger partial charge in [0.05, 0.1) is 0 Å². The smallest absolute Gasteiger partial charge is 0.163 e. The van der Waals surface area contributed by atoms with Crippen LogP contribution in [0, 0.1) is 5.92 Å². The Morgan fingerprint density at radius 2 is 1.72 bits per heavy atom. The van der Waals surface area contributed by atoms with Gasteiger partial charge in [0.2, 0.25) is 0 Å². The van der Waals surface area contributed by atoms with Crippen molar-refractivity contribution in [1.82, 2.24) is 15.3 Å². The molecule has 2 N–H and O–H groups in total. The predicted octanol–water partition coefficient (Wildman–Crippen LogP) is 6.94. The molecule has 0 atom stereocenters. The van der Waals surface area contributed by atoms with E-state index in [-0.39, 0.29) is 16.9 Å². The minimum Gasteiger partial charge on any atom is -0.489 e. The first-order valence-corrected chi connectivity index (χ1v) is 12.7. The molecule has 4 aromatic rings. The van der Waals surface area contributed by atoms with Crippen LogP contribution < -0.4 is 10.1 Å². The zero-order valence-electron chi connectivity index (χ0n) is 21.6. The maximum atomic E-state index is 13.0. The lowest BCUT2D eigenvalue weighted by atomic mass is 9.74. The van der Waals surface area contributed by atoms with Crippen molar-refractivity contribution in [1.29, 1.82) is 0 Å². The standard InChI is InChI=1S/C31H35N3O2/c1-30(2)17-22(18-31(3,4)34-30)14-28(35)23-10-8-21(9-11-23)20-36-27-7-5-6-24(16-27)26-15-25-12-13-32-29(25)33-19-26/h5-13,15-16,19,22,34H,14,17-18,20H2,1-4H3,(H,32,33). The highest BCUT2D eigenvalue weighted by Gasteiger charge is 2.38. The molecule has 0 radical (unpaired) electrons. The van der Waals surface area contributed by atoms with Crippen LogP contribution in [-0.4, -0.2) is 26.8 Å². The van der Waals surface area contributed by atoms with Crippen LogP contribution in [0.15, 0.2) is 73.1 Å². The van der Waals surface area contributed by atoms with Crippen molar-refractivity contribution < 1.29 is 9.53 Å². The first-order chi connectivity index (χ1) is 17.2. The van der Waals surface area contributed by atoms with Gasteiger partial charge in [-0.25, -0.2) is 4.98 Å². The summed E-state index contributed by atoms with van der Waals surface area (Å²) in [6, 6.07) is 20.1. The number of carbonyl (C=O) groups is 1. The Labute approximate surface area is 213 Å². The highest BCUT2D eigenvalue weighted by molar-refractivity contribution is 5.96. The van der Waals surface area contributed by atoms with Crippen molar-refractivity contribution in [2.24, 2.45) is 5.92 Å². The van der Waals surface area contributed by atoms with E-state index in [0.717, 1.165) is 51.9 Å². The monoisotopic (exact) mass is 481 g/mol. The van der Waals surface area contributed by atoms with Gasteiger partial charge in [0.25, 0.3) is 0 Å². The number of ether oxygens (including phenoxy) is 1. The number of nitrogens with one attached hydrogen (secondary N) is 2. The second-order valence-electron chi connectivity index (χ2n) is 11.4. The largest absolute Gasteiger partial charge is 0.489 e. The molecule has 36 heavy (non-hydrogen) atoms. The number of H-pyrrole nitrogens is 1. The van der Waals surface area contributed by atoms with Crippen LogP contribution in [0.2, 0.25) is 0 Å². The van der Waals surface area contributed by atoms with E-state index >= 15 is 0 Å². The summed E-state index contributed by atoms with van der Waals surface area (Å²) >= 11 is 0. The molecule has 0 spiro atoms. The van der Waals surface area contributed by atoms with Gasteiger partial charge >= 0.3 is 0 Å². The number of rotatable bonds is 7. The number of aromatic nitrogens is 2. The van der Waals surface area contributed by atoms with E-state index in [4.69, 9.17) is 4.74 Å². The molecule has 3 heterocycles. The summed E-state index contributed by atoms with van der Waals surface area (Å²) in [5.74, 6) is 1.42. The average Bonchev–Trinajstić information content (AvgIpc) is 3.29. The van der Waals surface area contributed by atoms with Crippen LogP contribution in [0.1, 0.15) is 62.9 Å². The predicted molar refractivity (Wildman–Crippen MR) is 145 cm³/mol. The first kappa shape index (κ1) is 24.3. The maximum Gasteiger partial charge on any atom is 0.163 e.